The molecule has 0 saturated heterocycles. The van der Waals surface area contributed by atoms with E-state index in [1.807, 2.05) is 0 Å². The maximum absolute atomic E-state index is 5.74. The molecular formula is C10H22N2. The predicted molar refractivity (Wildman–Crippen MR) is 52.8 cm³/mol. The van der Waals surface area contributed by atoms with Crippen molar-refractivity contribution in [3.8, 4) is 0 Å². The topological polar surface area (TPSA) is 52.0 Å². The third-order valence-corrected chi connectivity index (χ3v) is 3.65. The van der Waals surface area contributed by atoms with Crippen LogP contribution in [0.5, 0.6) is 0 Å². The zero-order chi connectivity index (χ0) is 9.24. The molecule has 0 atom stereocenters. The molecule has 2 nitrogen and oxygen atoms in total. The summed E-state index contributed by atoms with van der Waals surface area (Å²) in [5, 5.41) is 0. The summed E-state index contributed by atoms with van der Waals surface area (Å²) >= 11 is 0. The van der Waals surface area contributed by atoms with Gasteiger partial charge < -0.3 is 11.5 Å². The predicted octanol–water partition coefficient (Wildman–Crippen LogP) is 1.49. The minimum atomic E-state index is 0.397. The van der Waals surface area contributed by atoms with Gasteiger partial charge in [0.05, 0.1) is 0 Å². The summed E-state index contributed by atoms with van der Waals surface area (Å²) in [5.74, 6) is 0. The van der Waals surface area contributed by atoms with Gasteiger partial charge in [-0.3, -0.25) is 0 Å². The van der Waals surface area contributed by atoms with E-state index in [2.05, 4.69) is 13.8 Å². The molecule has 2 heteroatoms. The van der Waals surface area contributed by atoms with Crippen LogP contribution in [-0.2, 0) is 0 Å². The van der Waals surface area contributed by atoms with Gasteiger partial charge in [-0.15, -0.1) is 0 Å². The molecule has 0 radical (unpaired) electrons. The van der Waals surface area contributed by atoms with Crippen molar-refractivity contribution in [1.82, 2.24) is 0 Å². The molecule has 1 rings (SSSR count). The first-order valence-corrected chi connectivity index (χ1v) is 4.94. The van der Waals surface area contributed by atoms with Crippen LogP contribution in [-0.4, -0.2) is 13.1 Å². The zero-order valence-electron chi connectivity index (χ0n) is 8.40. The molecule has 0 aliphatic heterocycles. The third kappa shape index (κ3) is 1.99. The highest BCUT2D eigenvalue weighted by molar-refractivity contribution is 4.89. The van der Waals surface area contributed by atoms with Gasteiger partial charge in [0.2, 0.25) is 0 Å². The molecule has 0 aromatic heterocycles. The Morgan fingerprint density at radius 1 is 0.833 bits per heavy atom. The summed E-state index contributed by atoms with van der Waals surface area (Å²) in [5.41, 5.74) is 12.3. The lowest BCUT2D eigenvalue weighted by Gasteiger charge is -2.42. The standard InChI is InChI=1S/C10H22N2/c1-9(7-11)3-5-10(2,8-12)6-4-9/h3-8,11-12H2,1-2H3. The second kappa shape index (κ2) is 3.35. The van der Waals surface area contributed by atoms with Crippen molar-refractivity contribution < 1.29 is 0 Å². The van der Waals surface area contributed by atoms with Crippen molar-refractivity contribution in [1.29, 1.82) is 0 Å². The highest BCUT2D eigenvalue weighted by atomic mass is 14.6. The molecule has 1 aliphatic carbocycles. The van der Waals surface area contributed by atoms with Crippen LogP contribution < -0.4 is 11.5 Å². The Morgan fingerprint density at radius 3 is 1.25 bits per heavy atom. The van der Waals surface area contributed by atoms with E-state index < -0.39 is 0 Å². The lowest BCUT2D eigenvalue weighted by Crippen LogP contribution is -2.39. The molecule has 0 aromatic carbocycles. The summed E-state index contributed by atoms with van der Waals surface area (Å²) in [6.45, 7) is 6.24. The van der Waals surface area contributed by atoms with Crippen LogP contribution in [0.15, 0.2) is 0 Å². The Labute approximate surface area is 75.7 Å². The van der Waals surface area contributed by atoms with Crippen molar-refractivity contribution in [2.45, 2.75) is 39.5 Å². The van der Waals surface area contributed by atoms with E-state index in [0.29, 0.717) is 10.8 Å². The molecule has 0 bridgehead atoms. The van der Waals surface area contributed by atoms with Gasteiger partial charge >= 0.3 is 0 Å². The molecule has 1 saturated carbocycles. The normalized spacial score (nSPS) is 43.0. The van der Waals surface area contributed by atoms with Crippen molar-refractivity contribution in [3.63, 3.8) is 0 Å². The molecule has 0 heterocycles. The Hall–Kier alpha value is -0.0800. The average Bonchev–Trinajstić information content (AvgIpc) is 2.11. The minimum Gasteiger partial charge on any atom is -0.330 e. The Balaban J connectivity index is 2.49. The Morgan fingerprint density at radius 2 is 1.08 bits per heavy atom. The van der Waals surface area contributed by atoms with Crippen LogP contribution in [0.1, 0.15) is 39.5 Å². The van der Waals surface area contributed by atoms with Gasteiger partial charge in [0.15, 0.2) is 0 Å². The van der Waals surface area contributed by atoms with Crippen LogP contribution in [0.3, 0.4) is 0 Å². The number of nitrogens with two attached hydrogens (primary N) is 2. The molecule has 1 aliphatic rings. The fourth-order valence-electron chi connectivity index (χ4n) is 1.87. The van der Waals surface area contributed by atoms with Gasteiger partial charge in [-0.1, -0.05) is 13.8 Å². The third-order valence-electron chi connectivity index (χ3n) is 3.65. The smallest absolute Gasteiger partial charge is 0.00232 e. The van der Waals surface area contributed by atoms with Crippen LogP contribution in [0, 0.1) is 10.8 Å². The van der Waals surface area contributed by atoms with Gasteiger partial charge in [-0.25, -0.2) is 0 Å². The quantitative estimate of drug-likeness (QED) is 0.659. The maximum atomic E-state index is 5.74. The van der Waals surface area contributed by atoms with Gasteiger partial charge in [-0.2, -0.15) is 0 Å². The summed E-state index contributed by atoms with van der Waals surface area (Å²) in [6.07, 6.45) is 4.99. The number of hydrogen-bond donors (Lipinski definition) is 2. The molecular weight excluding hydrogens is 148 g/mol. The SMILES string of the molecule is CC1(CN)CCC(C)(CN)CC1. The van der Waals surface area contributed by atoms with Crippen LogP contribution in [0.4, 0.5) is 0 Å². The van der Waals surface area contributed by atoms with E-state index in [0.717, 1.165) is 13.1 Å². The molecule has 72 valence electrons. The second-order valence-electron chi connectivity index (χ2n) is 5.03. The Bertz CT molecular complexity index is 128. The first kappa shape index (κ1) is 10.0. The first-order valence-electron chi connectivity index (χ1n) is 4.94. The molecule has 0 aromatic rings. The summed E-state index contributed by atoms with van der Waals surface area (Å²) in [6, 6.07) is 0. The molecule has 0 amide bonds. The average molecular weight is 170 g/mol. The van der Waals surface area contributed by atoms with E-state index in [1.54, 1.807) is 0 Å². The molecule has 1 fully saturated rings. The van der Waals surface area contributed by atoms with E-state index >= 15 is 0 Å². The van der Waals surface area contributed by atoms with Gasteiger partial charge in [-0.05, 0) is 49.6 Å². The van der Waals surface area contributed by atoms with Crippen LogP contribution >= 0.6 is 0 Å². The molecule has 0 unspecified atom stereocenters. The van der Waals surface area contributed by atoms with Crippen molar-refractivity contribution in [2.24, 2.45) is 22.3 Å². The lowest BCUT2D eigenvalue weighted by atomic mass is 9.65. The maximum Gasteiger partial charge on any atom is -0.00232 e. The van der Waals surface area contributed by atoms with Crippen molar-refractivity contribution in [2.75, 3.05) is 13.1 Å². The number of hydrogen-bond acceptors (Lipinski definition) is 2. The summed E-state index contributed by atoms with van der Waals surface area (Å²) in [7, 11) is 0. The molecule has 4 N–H and O–H groups in total. The van der Waals surface area contributed by atoms with E-state index in [-0.39, 0.29) is 0 Å². The van der Waals surface area contributed by atoms with Gasteiger partial charge in [0.25, 0.3) is 0 Å². The summed E-state index contributed by atoms with van der Waals surface area (Å²) < 4.78 is 0. The molecule has 0 spiro atoms. The lowest BCUT2D eigenvalue weighted by molar-refractivity contribution is 0.116. The van der Waals surface area contributed by atoms with E-state index in [9.17, 15) is 0 Å². The van der Waals surface area contributed by atoms with Crippen LogP contribution in [0.2, 0.25) is 0 Å². The number of rotatable bonds is 2. The first-order chi connectivity index (χ1) is 5.54. The van der Waals surface area contributed by atoms with Crippen LogP contribution in [0.25, 0.3) is 0 Å². The fraction of sp³-hybridized carbons (Fsp3) is 1.00. The van der Waals surface area contributed by atoms with E-state index in [4.69, 9.17) is 11.5 Å². The second-order valence-corrected chi connectivity index (χ2v) is 5.03. The molecule has 12 heavy (non-hydrogen) atoms. The van der Waals surface area contributed by atoms with Gasteiger partial charge in [0, 0.05) is 0 Å². The highest BCUT2D eigenvalue weighted by Gasteiger charge is 2.35. The highest BCUT2D eigenvalue weighted by Crippen LogP contribution is 2.43. The minimum absolute atomic E-state index is 0.397. The Kier molecular flexibility index (Phi) is 2.79. The summed E-state index contributed by atoms with van der Waals surface area (Å²) in [4.78, 5) is 0. The monoisotopic (exact) mass is 170 g/mol. The van der Waals surface area contributed by atoms with E-state index in [1.165, 1.54) is 25.7 Å². The zero-order valence-corrected chi connectivity index (χ0v) is 8.40. The fourth-order valence-corrected chi connectivity index (χ4v) is 1.87. The van der Waals surface area contributed by atoms with Gasteiger partial charge in [0.1, 0.15) is 0 Å². The largest absolute Gasteiger partial charge is 0.330 e. The van der Waals surface area contributed by atoms with Crippen molar-refractivity contribution >= 4 is 0 Å². The van der Waals surface area contributed by atoms with Crippen molar-refractivity contribution in [3.05, 3.63) is 0 Å².